The van der Waals surface area contributed by atoms with E-state index in [1.54, 1.807) is 0 Å². The monoisotopic (exact) mass is 167 g/mol. The average molecular weight is 167 g/mol. The van der Waals surface area contributed by atoms with Gasteiger partial charge in [0.15, 0.2) is 0 Å². The number of fused-ring (bicyclic) bond motifs is 1. The van der Waals surface area contributed by atoms with Crippen molar-refractivity contribution in [3.8, 4) is 0 Å². The molecule has 0 heterocycles. The quantitative estimate of drug-likeness (QED) is 0.548. The van der Waals surface area contributed by atoms with E-state index in [2.05, 4.69) is 0 Å². The second-order valence-corrected chi connectivity index (χ2v) is 5.34. The first-order valence-corrected chi connectivity index (χ1v) is 5.49. The molecule has 1 nitrogen and oxygen atoms in total. The first-order valence-electron chi connectivity index (χ1n) is 5.49. The Morgan fingerprint density at radius 2 is 1.17 bits per heavy atom. The van der Waals surface area contributed by atoms with Crippen molar-refractivity contribution < 1.29 is 5.11 Å². The van der Waals surface area contributed by atoms with Gasteiger partial charge in [-0.3, -0.25) is 0 Å². The lowest BCUT2D eigenvalue weighted by molar-refractivity contribution is 0.0689. The molecule has 0 radical (unpaired) electrons. The van der Waals surface area contributed by atoms with Crippen LogP contribution in [-0.4, -0.2) is 11.2 Å². The average Bonchev–Trinajstić information content (AvgIpc) is 2.16. The lowest BCUT2D eigenvalue weighted by atomic mass is 9.68. The maximum Gasteiger partial charge on any atom is 0.0571 e. The van der Waals surface area contributed by atoms with Gasteiger partial charge in [0.25, 0.3) is 0 Å². The molecule has 5 atom stereocenters. The van der Waals surface area contributed by atoms with Crippen molar-refractivity contribution in [2.45, 2.75) is 44.6 Å². The van der Waals surface area contributed by atoms with Crippen LogP contribution in [0.1, 0.15) is 38.5 Å². The Morgan fingerprint density at radius 3 is 1.75 bits per heavy atom. The maximum absolute atomic E-state index is 9.90. The Bertz CT molecular complexity index is 175. The highest BCUT2D eigenvalue weighted by Gasteiger charge is 2.42. The van der Waals surface area contributed by atoms with E-state index >= 15 is 0 Å². The largest absolute Gasteiger partial charge is 0.393 e. The number of rotatable bonds is 0. The maximum atomic E-state index is 9.90. The van der Waals surface area contributed by atoms with Crippen molar-refractivity contribution in [1.82, 2.24) is 0 Å². The van der Waals surface area contributed by atoms with E-state index in [1.165, 1.54) is 32.1 Å². The Hall–Kier alpha value is -0.0400. The highest BCUT2D eigenvalue weighted by atomic mass is 16.4. The second-order valence-electron chi connectivity index (χ2n) is 5.34. The number of hydrogen-bond acceptors (Lipinski definition) is 1. The van der Waals surface area contributed by atoms with Crippen molar-refractivity contribution in [3.63, 3.8) is 0 Å². The van der Waals surface area contributed by atoms with Crippen LogP contribution in [0, 0.1) is 23.7 Å². The number of aliphatic hydroxyl groups excluding tert-OH is 1. The molecule has 0 saturated heterocycles. The van der Waals surface area contributed by atoms with Crippen LogP contribution in [0.4, 0.5) is 0 Å². The molecule has 0 spiro atoms. The third-order valence-electron chi connectivity index (χ3n) is 4.39. The van der Waals surface area contributed by atoms with Gasteiger partial charge in [-0.15, -0.1) is 0 Å². The molecular weight excluding hydrogens is 149 g/mol. The zero-order valence-corrected chi connectivity index (χ0v) is 7.58. The van der Waals surface area contributed by atoms with E-state index in [9.17, 15) is 5.11 Å². The predicted molar refractivity (Wildman–Crippen MR) is 47.7 cm³/mol. The van der Waals surface area contributed by atoms with Crippen molar-refractivity contribution >= 4 is 0 Å². The molecule has 3 unspecified atom stereocenters. The fourth-order valence-electron chi connectivity index (χ4n) is 4.08. The van der Waals surface area contributed by atoms with Crippen LogP contribution in [0.2, 0.25) is 0 Å². The molecule has 68 valence electrons. The highest BCUT2D eigenvalue weighted by molar-refractivity contribution is 4.93. The third kappa shape index (κ3) is 1.02. The summed E-state index contributed by atoms with van der Waals surface area (Å²) in [5.41, 5.74) is 0. The number of aliphatic hydroxyl groups is 1. The zero-order chi connectivity index (χ0) is 8.13. The van der Waals surface area contributed by atoms with Crippen LogP contribution in [0.15, 0.2) is 0 Å². The van der Waals surface area contributed by atoms with Crippen molar-refractivity contribution in [1.29, 1.82) is 0 Å². The lowest BCUT2D eigenvalue weighted by Gasteiger charge is -2.38. The van der Waals surface area contributed by atoms with Crippen LogP contribution < -0.4 is 0 Å². The standard InChI is InChI=1S/C11H18O/c12-11-6-9-2-7-1-8(3-9)5-10(11)4-7/h7-12H,1-6H2/t7-,8+,9?,10?,11?/i11+1. The summed E-state index contributed by atoms with van der Waals surface area (Å²) < 4.78 is 0. The number of hydrogen-bond donors (Lipinski definition) is 1. The normalized spacial score (nSPS) is 57.2. The summed E-state index contributed by atoms with van der Waals surface area (Å²) in [6.07, 6.45) is 8.22. The molecule has 4 aliphatic rings. The van der Waals surface area contributed by atoms with Crippen LogP contribution in [0.5, 0.6) is 0 Å². The molecular formula is C11H18O. The van der Waals surface area contributed by atoms with E-state index in [-0.39, 0.29) is 6.10 Å². The first-order chi connectivity index (χ1) is 5.81. The van der Waals surface area contributed by atoms with Gasteiger partial charge in [0.05, 0.1) is 6.10 Å². The third-order valence-corrected chi connectivity index (χ3v) is 4.39. The minimum Gasteiger partial charge on any atom is -0.393 e. The summed E-state index contributed by atoms with van der Waals surface area (Å²) in [6.45, 7) is 0. The van der Waals surface area contributed by atoms with Crippen molar-refractivity contribution in [2.24, 2.45) is 23.7 Å². The molecule has 0 aliphatic heterocycles. The molecule has 0 amide bonds. The Balaban J connectivity index is 1.91. The molecule has 12 heavy (non-hydrogen) atoms. The Labute approximate surface area is 74.2 Å². The van der Waals surface area contributed by atoms with E-state index in [0.717, 1.165) is 24.2 Å². The van der Waals surface area contributed by atoms with Crippen molar-refractivity contribution in [3.05, 3.63) is 0 Å². The van der Waals surface area contributed by atoms with Gasteiger partial charge in [0.2, 0.25) is 0 Å². The van der Waals surface area contributed by atoms with Gasteiger partial charge in [0, 0.05) is 0 Å². The summed E-state index contributed by atoms with van der Waals surface area (Å²) in [5.74, 6) is 3.55. The zero-order valence-electron chi connectivity index (χ0n) is 7.58. The van der Waals surface area contributed by atoms with Gasteiger partial charge < -0.3 is 5.11 Å². The van der Waals surface area contributed by atoms with Gasteiger partial charge in [-0.05, 0) is 62.2 Å². The summed E-state index contributed by atoms with van der Waals surface area (Å²) >= 11 is 0. The fraction of sp³-hybridized carbons (Fsp3) is 1.00. The molecule has 1 heteroatoms. The fourth-order valence-corrected chi connectivity index (χ4v) is 4.08. The molecule has 4 bridgehead atoms. The van der Waals surface area contributed by atoms with Gasteiger partial charge in [-0.25, -0.2) is 0 Å². The van der Waals surface area contributed by atoms with Crippen LogP contribution in [-0.2, 0) is 0 Å². The van der Waals surface area contributed by atoms with Crippen LogP contribution in [0.3, 0.4) is 0 Å². The Morgan fingerprint density at radius 1 is 0.667 bits per heavy atom. The second kappa shape index (κ2) is 2.47. The molecule has 4 fully saturated rings. The summed E-state index contributed by atoms with van der Waals surface area (Å²) in [7, 11) is 0. The summed E-state index contributed by atoms with van der Waals surface area (Å²) in [4.78, 5) is 0. The summed E-state index contributed by atoms with van der Waals surface area (Å²) in [6, 6.07) is 0. The minimum absolute atomic E-state index is 0.0605. The van der Waals surface area contributed by atoms with Gasteiger partial charge in [-0.1, -0.05) is 0 Å². The molecule has 4 aliphatic carbocycles. The molecule has 4 saturated carbocycles. The lowest BCUT2D eigenvalue weighted by Crippen LogP contribution is -2.29. The molecule has 4 rings (SSSR count). The first kappa shape index (κ1) is 7.37. The summed E-state index contributed by atoms with van der Waals surface area (Å²) in [5, 5.41) is 9.90. The van der Waals surface area contributed by atoms with Crippen LogP contribution in [0.25, 0.3) is 0 Å². The van der Waals surface area contributed by atoms with Crippen molar-refractivity contribution in [2.75, 3.05) is 0 Å². The minimum atomic E-state index is 0.0605. The van der Waals surface area contributed by atoms with E-state index in [1.807, 2.05) is 0 Å². The van der Waals surface area contributed by atoms with Gasteiger partial charge >= 0.3 is 0 Å². The molecule has 0 aromatic heterocycles. The highest BCUT2D eigenvalue weighted by Crippen LogP contribution is 2.51. The van der Waals surface area contributed by atoms with Crippen LogP contribution >= 0.6 is 0 Å². The molecule has 0 aromatic carbocycles. The Kier molecular flexibility index (Phi) is 1.52. The molecule has 1 N–H and O–H groups in total. The van der Waals surface area contributed by atoms with Gasteiger partial charge in [-0.2, -0.15) is 0 Å². The van der Waals surface area contributed by atoms with E-state index < -0.39 is 0 Å². The van der Waals surface area contributed by atoms with Gasteiger partial charge in [0.1, 0.15) is 0 Å². The SMILES string of the molecule is O[13CH]1CC2C[C@@H]3CC1C[C@H](C2)C3. The predicted octanol–water partition coefficient (Wildman–Crippen LogP) is 2.19. The smallest absolute Gasteiger partial charge is 0.0571 e. The molecule has 0 aromatic rings. The topological polar surface area (TPSA) is 20.2 Å². The van der Waals surface area contributed by atoms with E-state index in [0.29, 0.717) is 5.92 Å². The van der Waals surface area contributed by atoms with E-state index in [4.69, 9.17) is 0 Å².